The van der Waals surface area contributed by atoms with Gasteiger partial charge in [0.05, 0.1) is 13.2 Å². The van der Waals surface area contributed by atoms with Crippen molar-refractivity contribution in [3.8, 4) is 11.5 Å². The summed E-state index contributed by atoms with van der Waals surface area (Å²) in [4.78, 5) is 0. The first kappa shape index (κ1) is 15.2. The number of ether oxygens (including phenoxy) is 2. The molecule has 0 aromatic heterocycles. The van der Waals surface area contributed by atoms with Crippen molar-refractivity contribution >= 4 is 0 Å². The van der Waals surface area contributed by atoms with E-state index in [0.717, 1.165) is 24.7 Å². The summed E-state index contributed by atoms with van der Waals surface area (Å²) in [6, 6.07) is 6.66. The van der Waals surface area contributed by atoms with Gasteiger partial charge in [-0.15, -0.1) is 0 Å². The molecule has 2 rings (SSSR count). The van der Waals surface area contributed by atoms with Crippen molar-refractivity contribution < 1.29 is 9.47 Å². The van der Waals surface area contributed by atoms with E-state index in [1.54, 1.807) is 0 Å². The molecule has 112 valence electrons. The minimum atomic E-state index is 0.338. The maximum absolute atomic E-state index is 5.88. The second kappa shape index (κ2) is 6.49. The second-order valence-corrected chi connectivity index (χ2v) is 6.30. The second-order valence-electron chi connectivity index (χ2n) is 6.30. The molecule has 3 unspecified atom stereocenters. The molecule has 1 aromatic rings. The Morgan fingerprint density at radius 1 is 1.10 bits per heavy atom. The van der Waals surface area contributed by atoms with Crippen LogP contribution in [0.5, 0.6) is 11.5 Å². The van der Waals surface area contributed by atoms with Crippen molar-refractivity contribution in [2.24, 2.45) is 17.8 Å². The van der Waals surface area contributed by atoms with Crippen molar-refractivity contribution in [2.45, 2.75) is 33.7 Å². The number of rotatable bonds is 4. The molecule has 1 aliphatic rings. The van der Waals surface area contributed by atoms with Crippen LogP contribution in [-0.2, 0) is 0 Å². The predicted molar refractivity (Wildman–Crippen MR) is 82.4 cm³/mol. The fourth-order valence-corrected chi connectivity index (χ4v) is 2.58. The van der Waals surface area contributed by atoms with E-state index in [9.17, 15) is 0 Å². The van der Waals surface area contributed by atoms with Gasteiger partial charge in [0.2, 0.25) is 0 Å². The zero-order valence-electron chi connectivity index (χ0n) is 13.3. The first-order chi connectivity index (χ1) is 9.52. The zero-order chi connectivity index (χ0) is 14.7. The predicted octanol–water partition coefficient (Wildman–Crippen LogP) is 3.65. The molecule has 3 heteroatoms. The van der Waals surface area contributed by atoms with Gasteiger partial charge in [-0.25, -0.2) is 0 Å². The summed E-state index contributed by atoms with van der Waals surface area (Å²) < 4.78 is 11.7. The largest absolute Gasteiger partial charge is 0.489 e. The summed E-state index contributed by atoms with van der Waals surface area (Å²) in [5.74, 6) is 3.36. The number of hydrogen-bond acceptors (Lipinski definition) is 3. The van der Waals surface area contributed by atoms with Crippen LogP contribution in [0, 0.1) is 17.8 Å². The van der Waals surface area contributed by atoms with E-state index >= 15 is 0 Å². The van der Waals surface area contributed by atoms with E-state index in [2.05, 4.69) is 45.1 Å². The molecule has 0 bridgehead atoms. The summed E-state index contributed by atoms with van der Waals surface area (Å²) in [6.45, 7) is 10.4. The van der Waals surface area contributed by atoms with Crippen LogP contribution in [0.3, 0.4) is 0 Å². The van der Waals surface area contributed by atoms with Gasteiger partial charge in [0.25, 0.3) is 0 Å². The van der Waals surface area contributed by atoms with Crippen LogP contribution in [0.1, 0.15) is 39.3 Å². The van der Waals surface area contributed by atoms with Gasteiger partial charge in [-0.3, -0.25) is 0 Å². The van der Waals surface area contributed by atoms with Crippen LogP contribution in [0.4, 0.5) is 0 Å². The van der Waals surface area contributed by atoms with Crippen LogP contribution in [-0.4, -0.2) is 20.3 Å². The molecule has 1 aromatic carbocycles. The molecule has 1 heterocycles. The van der Waals surface area contributed by atoms with Crippen LogP contribution in [0.2, 0.25) is 0 Å². The van der Waals surface area contributed by atoms with Crippen LogP contribution in [0.25, 0.3) is 0 Å². The van der Waals surface area contributed by atoms with Gasteiger partial charge in [0.1, 0.15) is 0 Å². The lowest BCUT2D eigenvalue weighted by Gasteiger charge is -2.27. The fourth-order valence-electron chi connectivity index (χ4n) is 2.58. The molecule has 20 heavy (non-hydrogen) atoms. The van der Waals surface area contributed by atoms with Gasteiger partial charge in [-0.2, -0.15) is 0 Å². The van der Waals surface area contributed by atoms with Gasteiger partial charge in [-0.1, -0.05) is 33.8 Å². The molecule has 1 aliphatic heterocycles. The summed E-state index contributed by atoms with van der Waals surface area (Å²) >= 11 is 0. The Bertz CT molecular complexity index is 445. The van der Waals surface area contributed by atoms with E-state index in [1.165, 1.54) is 5.56 Å². The molecule has 0 fully saturated rings. The van der Waals surface area contributed by atoms with E-state index in [0.29, 0.717) is 23.8 Å². The van der Waals surface area contributed by atoms with Gasteiger partial charge < -0.3 is 14.8 Å². The highest BCUT2D eigenvalue weighted by Gasteiger charge is 2.23. The number of hydrogen-bond donors (Lipinski definition) is 1. The first-order valence-electron chi connectivity index (χ1n) is 7.59. The summed E-state index contributed by atoms with van der Waals surface area (Å²) in [5.41, 5.74) is 1.27. The molecule has 0 spiro atoms. The molecule has 0 aliphatic carbocycles. The maximum atomic E-state index is 5.88. The smallest absolute Gasteiger partial charge is 0.161 e. The average molecular weight is 277 g/mol. The molecule has 1 N–H and O–H groups in total. The summed E-state index contributed by atoms with van der Waals surface area (Å²) in [7, 11) is 2.02. The average Bonchev–Trinajstić information content (AvgIpc) is 2.61. The fraction of sp³-hybridized carbons (Fsp3) is 0.647. The number of benzene rings is 1. The Kier molecular flexibility index (Phi) is 4.92. The normalized spacial score (nSPS) is 21.4. The third kappa shape index (κ3) is 3.26. The Labute approximate surface area is 122 Å². The monoisotopic (exact) mass is 277 g/mol. The van der Waals surface area contributed by atoms with E-state index in [1.807, 2.05) is 13.1 Å². The van der Waals surface area contributed by atoms with Gasteiger partial charge >= 0.3 is 0 Å². The van der Waals surface area contributed by atoms with Crippen molar-refractivity contribution in [1.82, 2.24) is 5.32 Å². The van der Waals surface area contributed by atoms with Crippen molar-refractivity contribution in [3.05, 3.63) is 23.8 Å². The molecule has 0 radical (unpaired) electrons. The first-order valence-corrected chi connectivity index (χ1v) is 7.59. The molecular formula is C17H27NO2. The Morgan fingerprint density at radius 2 is 1.75 bits per heavy atom. The highest BCUT2D eigenvalue weighted by molar-refractivity contribution is 5.44. The minimum Gasteiger partial charge on any atom is -0.489 e. The Hall–Kier alpha value is -1.22. The van der Waals surface area contributed by atoms with Crippen LogP contribution >= 0.6 is 0 Å². The maximum Gasteiger partial charge on any atom is 0.161 e. The number of nitrogens with one attached hydrogen (secondary N) is 1. The molecule has 3 nitrogen and oxygen atoms in total. The summed E-state index contributed by atoms with van der Waals surface area (Å²) in [5, 5.41) is 3.43. The highest BCUT2D eigenvalue weighted by Crippen LogP contribution is 2.35. The van der Waals surface area contributed by atoms with Crippen LogP contribution in [0.15, 0.2) is 18.2 Å². The lowest BCUT2D eigenvalue weighted by Crippen LogP contribution is -2.26. The van der Waals surface area contributed by atoms with Gasteiger partial charge in [-0.05, 0) is 36.6 Å². The third-order valence-electron chi connectivity index (χ3n) is 4.26. The zero-order valence-corrected chi connectivity index (χ0v) is 13.3. The van der Waals surface area contributed by atoms with Crippen molar-refractivity contribution in [3.63, 3.8) is 0 Å². The number of fused-ring (bicyclic) bond motifs is 1. The standard InChI is InChI=1S/C17H27NO2/c1-11(2)13(4)17(18-5)14-6-7-15-16(8-14)20-10-12(3)9-19-15/h6-8,11-13,17-18H,9-10H2,1-5H3. The lowest BCUT2D eigenvalue weighted by molar-refractivity contribution is 0.228. The molecular weight excluding hydrogens is 250 g/mol. The molecule has 0 saturated carbocycles. The van der Waals surface area contributed by atoms with Gasteiger partial charge in [0, 0.05) is 12.0 Å². The van der Waals surface area contributed by atoms with Crippen molar-refractivity contribution in [2.75, 3.05) is 20.3 Å². The Morgan fingerprint density at radius 3 is 2.35 bits per heavy atom. The lowest BCUT2D eigenvalue weighted by atomic mass is 9.86. The van der Waals surface area contributed by atoms with Crippen LogP contribution < -0.4 is 14.8 Å². The van der Waals surface area contributed by atoms with Gasteiger partial charge in [0.15, 0.2) is 11.5 Å². The third-order valence-corrected chi connectivity index (χ3v) is 4.26. The topological polar surface area (TPSA) is 30.5 Å². The molecule has 0 amide bonds. The SMILES string of the molecule is CNC(c1ccc2c(c1)OCC(C)CO2)C(C)C(C)C. The molecule has 3 atom stereocenters. The van der Waals surface area contributed by atoms with Crippen molar-refractivity contribution in [1.29, 1.82) is 0 Å². The highest BCUT2D eigenvalue weighted by atomic mass is 16.5. The van der Waals surface area contributed by atoms with E-state index in [4.69, 9.17) is 9.47 Å². The summed E-state index contributed by atoms with van der Waals surface area (Å²) in [6.07, 6.45) is 0. The minimum absolute atomic E-state index is 0.338. The Balaban J connectivity index is 2.25. The molecule has 0 saturated heterocycles. The van der Waals surface area contributed by atoms with E-state index in [-0.39, 0.29) is 0 Å². The quantitative estimate of drug-likeness (QED) is 0.911. The van der Waals surface area contributed by atoms with E-state index < -0.39 is 0 Å².